The first kappa shape index (κ1) is 13.3. The molecule has 0 aliphatic rings. The van der Waals surface area contributed by atoms with E-state index in [0.29, 0.717) is 12.5 Å². The first-order chi connectivity index (χ1) is 8.18. The minimum absolute atomic E-state index is 0.228. The van der Waals surface area contributed by atoms with Gasteiger partial charge in [0, 0.05) is 0 Å². The minimum Gasteiger partial charge on any atom is -0.434 e. The summed E-state index contributed by atoms with van der Waals surface area (Å²) in [5.74, 6) is 0.322. The third kappa shape index (κ3) is 6.40. The molecule has 1 rings (SSSR count). The Balaban J connectivity index is 2.19. The van der Waals surface area contributed by atoms with E-state index in [4.69, 9.17) is 9.47 Å². The molecule has 0 spiro atoms. The molecule has 0 amide bonds. The zero-order valence-electron chi connectivity index (χ0n) is 10.3. The molecule has 0 bridgehead atoms. The number of benzene rings is 1. The molecule has 0 heterocycles. The summed E-state index contributed by atoms with van der Waals surface area (Å²) in [5.41, 5.74) is 1.08. The molecule has 0 unspecified atom stereocenters. The zero-order chi connectivity index (χ0) is 12.5. The quantitative estimate of drug-likeness (QED) is 0.731. The van der Waals surface area contributed by atoms with E-state index in [1.807, 2.05) is 50.3 Å². The van der Waals surface area contributed by atoms with Crippen LogP contribution in [0.2, 0.25) is 0 Å². The third-order valence-corrected chi connectivity index (χ3v) is 1.94. The Hall–Kier alpha value is -1.77. The van der Waals surface area contributed by atoms with Gasteiger partial charge < -0.3 is 9.47 Å². The predicted molar refractivity (Wildman–Crippen MR) is 67.6 cm³/mol. The highest BCUT2D eigenvalue weighted by Gasteiger charge is 2.03. The molecule has 0 aromatic heterocycles. The van der Waals surface area contributed by atoms with E-state index < -0.39 is 6.16 Å². The monoisotopic (exact) mass is 234 g/mol. The first-order valence-electron chi connectivity index (χ1n) is 5.69. The fourth-order valence-electron chi connectivity index (χ4n) is 1.14. The molecule has 1 aromatic rings. The molecule has 0 N–H and O–H groups in total. The van der Waals surface area contributed by atoms with E-state index in [9.17, 15) is 4.79 Å². The summed E-state index contributed by atoms with van der Waals surface area (Å²) in [6.45, 7) is 4.57. The van der Waals surface area contributed by atoms with Gasteiger partial charge in [-0.15, -0.1) is 0 Å². The minimum atomic E-state index is -0.614. The summed E-state index contributed by atoms with van der Waals surface area (Å²) in [6.07, 6.45) is 3.07. The van der Waals surface area contributed by atoms with Crippen molar-refractivity contribution >= 4 is 12.2 Å². The molecule has 3 nitrogen and oxygen atoms in total. The number of carbonyl (C=O) groups excluding carboxylic acids is 1. The highest BCUT2D eigenvalue weighted by Crippen LogP contribution is 2.01. The van der Waals surface area contributed by atoms with Crippen LogP contribution < -0.4 is 0 Å². The van der Waals surface area contributed by atoms with E-state index in [1.54, 1.807) is 6.08 Å². The van der Waals surface area contributed by atoms with Gasteiger partial charge in [-0.1, -0.05) is 50.3 Å². The van der Waals surface area contributed by atoms with Gasteiger partial charge in [0.05, 0.1) is 6.61 Å². The Bertz CT molecular complexity index is 355. The largest absolute Gasteiger partial charge is 0.508 e. The average Bonchev–Trinajstić information content (AvgIpc) is 2.33. The zero-order valence-corrected chi connectivity index (χ0v) is 10.3. The van der Waals surface area contributed by atoms with Crippen molar-refractivity contribution in [2.45, 2.75) is 13.8 Å². The smallest absolute Gasteiger partial charge is 0.434 e. The number of hydrogen-bond acceptors (Lipinski definition) is 3. The fraction of sp³-hybridized carbons (Fsp3) is 0.357. The van der Waals surface area contributed by atoms with E-state index in [2.05, 4.69) is 0 Å². The molecule has 1 aromatic carbocycles. The summed E-state index contributed by atoms with van der Waals surface area (Å²) >= 11 is 0. The fourth-order valence-corrected chi connectivity index (χ4v) is 1.14. The van der Waals surface area contributed by atoms with E-state index >= 15 is 0 Å². The van der Waals surface area contributed by atoms with Crippen LogP contribution in [0.4, 0.5) is 4.79 Å². The molecule has 3 heteroatoms. The van der Waals surface area contributed by atoms with Crippen molar-refractivity contribution in [2.24, 2.45) is 5.92 Å². The van der Waals surface area contributed by atoms with Crippen LogP contribution in [0, 0.1) is 5.92 Å². The second-order valence-corrected chi connectivity index (χ2v) is 4.08. The maximum absolute atomic E-state index is 11.1. The van der Waals surface area contributed by atoms with Crippen molar-refractivity contribution < 1.29 is 14.3 Å². The standard InChI is InChI=1S/C14H18O3/c1-12(2)11-17-14(15)16-10-6-9-13-7-4-3-5-8-13/h3-9,12H,10-11H2,1-2H3. The summed E-state index contributed by atoms with van der Waals surface area (Å²) in [6, 6.07) is 9.83. The van der Waals surface area contributed by atoms with Crippen molar-refractivity contribution in [3.63, 3.8) is 0 Å². The van der Waals surface area contributed by atoms with Crippen molar-refractivity contribution in [3.8, 4) is 0 Å². The number of ether oxygens (including phenoxy) is 2. The normalized spacial score (nSPS) is 10.8. The molecule has 17 heavy (non-hydrogen) atoms. The Labute approximate surface area is 102 Å². The van der Waals surface area contributed by atoms with Gasteiger partial charge in [-0.3, -0.25) is 0 Å². The third-order valence-electron chi connectivity index (χ3n) is 1.94. The van der Waals surface area contributed by atoms with Crippen molar-refractivity contribution in [2.75, 3.05) is 13.2 Å². The van der Waals surface area contributed by atoms with Gasteiger partial charge in [0.2, 0.25) is 0 Å². The van der Waals surface area contributed by atoms with Gasteiger partial charge in [-0.05, 0) is 17.6 Å². The molecule has 0 saturated carbocycles. The van der Waals surface area contributed by atoms with Crippen LogP contribution in [0.3, 0.4) is 0 Å². The average molecular weight is 234 g/mol. The van der Waals surface area contributed by atoms with Gasteiger partial charge in [-0.25, -0.2) is 4.79 Å². The van der Waals surface area contributed by atoms with Crippen LogP contribution in [-0.4, -0.2) is 19.4 Å². The molecule has 0 aliphatic carbocycles. The highest BCUT2D eigenvalue weighted by atomic mass is 16.7. The SMILES string of the molecule is CC(C)COC(=O)OCC=Cc1ccccc1. The number of rotatable bonds is 5. The maximum atomic E-state index is 11.1. The molecule has 0 radical (unpaired) electrons. The van der Waals surface area contributed by atoms with Crippen LogP contribution in [0.1, 0.15) is 19.4 Å². The molecular weight excluding hydrogens is 216 g/mol. The van der Waals surface area contributed by atoms with Gasteiger partial charge in [0.15, 0.2) is 0 Å². The maximum Gasteiger partial charge on any atom is 0.508 e. The van der Waals surface area contributed by atoms with Gasteiger partial charge in [-0.2, -0.15) is 0 Å². The molecule has 0 fully saturated rings. The summed E-state index contributed by atoms with van der Waals surface area (Å²) in [7, 11) is 0. The second kappa shape index (κ2) is 7.49. The second-order valence-electron chi connectivity index (χ2n) is 4.08. The lowest BCUT2D eigenvalue weighted by atomic mass is 10.2. The van der Waals surface area contributed by atoms with Gasteiger partial charge >= 0.3 is 6.16 Å². The van der Waals surface area contributed by atoms with Crippen molar-refractivity contribution in [1.29, 1.82) is 0 Å². The number of carbonyl (C=O) groups is 1. The van der Waals surface area contributed by atoms with E-state index in [0.717, 1.165) is 5.56 Å². The summed E-state index contributed by atoms with van der Waals surface area (Å²) in [4.78, 5) is 11.1. The first-order valence-corrected chi connectivity index (χ1v) is 5.69. The molecule has 0 aliphatic heterocycles. The predicted octanol–water partition coefficient (Wildman–Crippen LogP) is 3.51. The summed E-state index contributed by atoms with van der Waals surface area (Å²) < 4.78 is 9.73. The lowest BCUT2D eigenvalue weighted by Crippen LogP contribution is -2.11. The van der Waals surface area contributed by atoms with Crippen LogP contribution in [-0.2, 0) is 9.47 Å². The Morgan fingerprint density at radius 2 is 1.94 bits per heavy atom. The topological polar surface area (TPSA) is 35.5 Å². The Morgan fingerprint density at radius 1 is 1.24 bits per heavy atom. The lowest BCUT2D eigenvalue weighted by molar-refractivity contribution is 0.0551. The lowest BCUT2D eigenvalue weighted by Gasteiger charge is -2.06. The number of hydrogen-bond donors (Lipinski definition) is 0. The summed E-state index contributed by atoms with van der Waals surface area (Å²) in [5, 5.41) is 0. The van der Waals surface area contributed by atoms with Crippen molar-refractivity contribution in [3.05, 3.63) is 42.0 Å². The molecule has 0 atom stereocenters. The van der Waals surface area contributed by atoms with Crippen LogP contribution in [0.5, 0.6) is 0 Å². The molecule has 92 valence electrons. The van der Waals surface area contributed by atoms with Gasteiger partial charge in [0.25, 0.3) is 0 Å². The van der Waals surface area contributed by atoms with Crippen LogP contribution in [0.25, 0.3) is 6.08 Å². The van der Waals surface area contributed by atoms with Crippen LogP contribution >= 0.6 is 0 Å². The highest BCUT2D eigenvalue weighted by molar-refractivity contribution is 5.60. The van der Waals surface area contributed by atoms with Crippen LogP contribution in [0.15, 0.2) is 36.4 Å². The molecule has 0 saturated heterocycles. The Morgan fingerprint density at radius 3 is 2.59 bits per heavy atom. The van der Waals surface area contributed by atoms with Gasteiger partial charge in [0.1, 0.15) is 6.61 Å². The van der Waals surface area contributed by atoms with E-state index in [1.165, 1.54) is 0 Å². The van der Waals surface area contributed by atoms with E-state index in [-0.39, 0.29) is 6.61 Å². The Kier molecular flexibility index (Phi) is 5.86. The molecular formula is C14H18O3. The van der Waals surface area contributed by atoms with Crippen molar-refractivity contribution in [1.82, 2.24) is 0 Å².